The van der Waals surface area contributed by atoms with Crippen molar-refractivity contribution < 1.29 is 9.84 Å². The van der Waals surface area contributed by atoms with E-state index in [0.29, 0.717) is 5.75 Å². The normalized spacial score (nSPS) is 19.0. The SMILES string of the molecule is Cc1cc(O)c(OC2(C)CCNCC2)cc1C. The van der Waals surface area contributed by atoms with Gasteiger partial charge in [0, 0.05) is 0 Å². The molecule has 0 bridgehead atoms. The van der Waals surface area contributed by atoms with Gasteiger partial charge < -0.3 is 15.2 Å². The fraction of sp³-hybridized carbons (Fsp3) is 0.571. The van der Waals surface area contributed by atoms with Crippen molar-refractivity contribution in [3.05, 3.63) is 23.3 Å². The zero-order valence-electron chi connectivity index (χ0n) is 10.8. The summed E-state index contributed by atoms with van der Waals surface area (Å²) in [7, 11) is 0. The molecule has 1 fully saturated rings. The molecule has 0 aromatic heterocycles. The molecule has 1 aliphatic heterocycles. The predicted octanol–water partition coefficient (Wildman–Crippen LogP) is 2.53. The van der Waals surface area contributed by atoms with Crippen molar-refractivity contribution in [3.63, 3.8) is 0 Å². The molecular formula is C14H21NO2. The molecule has 1 aromatic rings. The van der Waals surface area contributed by atoms with E-state index < -0.39 is 0 Å². The minimum absolute atomic E-state index is 0.162. The third-order valence-electron chi connectivity index (χ3n) is 3.59. The van der Waals surface area contributed by atoms with Crippen LogP contribution >= 0.6 is 0 Å². The van der Waals surface area contributed by atoms with E-state index in [0.717, 1.165) is 37.1 Å². The number of phenolic OH excluding ortho intramolecular Hbond substituents is 1. The highest BCUT2D eigenvalue weighted by atomic mass is 16.5. The molecule has 1 saturated heterocycles. The van der Waals surface area contributed by atoms with E-state index in [1.54, 1.807) is 6.07 Å². The molecular weight excluding hydrogens is 214 g/mol. The molecule has 17 heavy (non-hydrogen) atoms. The Balaban J connectivity index is 2.20. The Morgan fingerprint density at radius 1 is 1.18 bits per heavy atom. The first-order valence-electron chi connectivity index (χ1n) is 6.20. The molecule has 0 amide bonds. The van der Waals surface area contributed by atoms with E-state index in [9.17, 15) is 5.11 Å². The second kappa shape index (κ2) is 4.57. The van der Waals surface area contributed by atoms with Crippen molar-refractivity contribution in [1.82, 2.24) is 5.32 Å². The zero-order valence-corrected chi connectivity index (χ0v) is 10.8. The van der Waals surface area contributed by atoms with E-state index in [4.69, 9.17) is 4.74 Å². The molecule has 2 N–H and O–H groups in total. The van der Waals surface area contributed by atoms with E-state index in [-0.39, 0.29) is 11.4 Å². The highest BCUT2D eigenvalue weighted by Gasteiger charge is 2.29. The number of benzene rings is 1. The molecule has 0 aliphatic carbocycles. The van der Waals surface area contributed by atoms with Crippen LogP contribution in [-0.2, 0) is 0 Å². The molecule has 0 radical (unpaired) electrons. The lowest BCUT2D eigenvalue weighted by Gasteiger charge is -2.35. The first-order valence-corrected chi connectivity index (χ1v) is 6.20. The lowest BCUT2D eigenvalue weighted by molar-refractivity contribution is 0.0527. The largest absolute Gasteiger partial charge is 0.504 e. The van der Waals surface area contributed by atoms with Crippen LogP contribution in [-0.4, -0.2) is 23.8 Å². The van der Waals surface area contributed by atoms with Crippen molar-refractivity contribution in [2.75, 3.05) is 13.1 Å². The number of hydrogen-bond acceptors (Lipinski definition) is 3. The smallest absolute Gasteiger partial charge is 0.162 e. The molecule has 2 rings (SSSR count). The molecule has 0 saturated carbocycles. The second-order valence-electron chi connectivity index (χ2n) is 5.21. The van der Waals surface area contributed by atoms with E-state index >= 15 is 0 Å². The van der Waals surface area contributed by atoms with Gasteiger partial charge in [-0.25, -0.2) is 0 Å². The standard InChI is InChI=1S/C14H21NO2/c1-10-8-12(16)13(9-11(10)2)17-14(3)4-6-15-7-5-14/h8-9,15-16H,4-7H2,1-3H3. The molecule has 0 unspecified atom stereocenters. The molecule has 1 heterocycles. The van der Waals surface area contributed by atoms with Crippen molar-refractivity contribution in [2.24, 2.45) is 0 Å². The first-order chi connectivity index (χ1) is 8.00. The summed E-state index contributed by atoms with van der Waals surface area (Å²) >= 11 is 0. The molecule has 1 aromatic carbocycles. The van der Waals surface area contributed by atoms with Crippen LogP contribution in [0.1, 0.15) is 30.9 Å². The number of phenols is 1. The summed E-state index contributed by atoms with van der Waals surface area (Å²) in [6.45, 7) is 8.09. The van der Waals surface area contributed by atoms with Gasteiger partial charge in [0.15, 0.2) is 11.5 Å². The highest BCUT2D eigenvalue weighted by Crippen LogP contribution is 2.34. The number of ether oxygens (including phenoxy) is 1. The Morgan fingerprint density at radius 3 is 2.41 bits per heavy atom. The summed E-state index contributed by atoms with van der Waals surface area (Å²) in [5, 5.41) is 13.2. The summed E-state index contributed by atoms with van der Waals surface area (Å²) in [5.41, 5.74) is 2.07. The summed E-state index contributed by atoms with van der Waals surface area (Å²) in [6, 6.07) is 3.70. The van der Waals surface area contributed by atoms with Crippen LogP contribution in [0.25, 0.3) is 0 Å². The topological polar surface area (TPSA) is 41.5 Å². The lowest BCUT2D eigenvalue weighted by atomic mass is 9.94. The lowest BCUT2D eigenvalue weighted by Crippen LogP contribution is -2.43. The number of rotatable bonds is 2. The molecule has 94 valence electrons. The third-order valence-corrected chi connectivity index (χ3v) is 3.59. The monoisotopic (exact) mass is 235 g/mol. The minimum Gasteiger partial charge on any atom is -0.504 e. The van der Waals surface area contributed by atoms with Crippen LogP contribution in [0.2, 0.25) is 0 Å². The summed E-state index contributed by atoms with van der Waals surface area (Å²) in [4.78, 5) is 0. The quantitative estimate of drug-likeness (QED) is 0.827. The summed E-state index contributed by atoms with van der Waals surface area (Å²) in [6.07, 6.45) is 1.94. The first kappa shape index (κ1) is 12.2. The second-order valence-corrected chi connectivity index (χ2v) is 5.21. The fourth-order valence-electron chi connectivity index (χ4n) is 2.18. The summed E-state index contributed by atoms with van der Waals surface area (Å²) in [5.74, 6) is 0.852. The highest BCUT2D eigenvalue weighted by molar-refractivity contribution is 5.45. The molecule has 0 spiro atoms. The Morgan fingerprint density at radius 2 is 1.76 bits per heavy atom. The van der Waals surface area contributed by atoms with Gasteiger partial charge in [-0.3, -0.25) is 0 Å². The van der Waals surface area contributed by atoms with Crippen LogP contribution in [0, 0.1) is 13.8 Å². The van der Waals surface area contributed by atoms with Crippen molar-refractivity contribution in [1.29, 1.82) is 0 Å². The summed E-state index contributed by atoms with van der Waals surface area (Å²) < 4.78 is 6.02. The van der Waals surface area contributed by atoms with Crippen LogP contribution in [0.15, 0.2) is 12.1 Å². The number of aryl methyl sites for hydroxylation is 2. The fourth-order valence-corrected chi connectivity index (χ4v) is 2.18. The van der Waals surface area contributed by atoms with E-state index in [1.165, 1.54) is 0 Å². The van der Waals surface area contributed by atoms with Gasteiger partial charge in [0.1, 0.15) is 5.60 Å². The maximum Gasteiger partial charge on any atom is 0.162 e. The zero-order chi connectivity index (χ0) is 12.5. The number of hydrogen-bond donors (Lipinski definition) is 2. The molecule has 1 aliphatic rings. The predicted molar refractivity (Wildman–Crippen MR) is 68.7 cm³/mol. The average molecular weight is 235 g/mol. The van der Waals surface area contributed by atoms with Gasteiger partial charge in [-0.2, -0.15) is 0 Å². The number of nitrogens with one attached hydrogen (secondary N) is 1. The van der Waals surface area contributed by atoms with Crippen molar-refractivity contribution >= 4 is 0 Å². The van der Waals surface area contributed by atoms with Gasteiger partial charge in [0.05, 0.1) is 0 Å². The van der Waals surface area contributed by atoms with Gasteiger partial charge in [0.2, 0.25) is 0 Å². The molecule has 3 heteroatoms. The van der Waals surface area contributed by atoms with Crippen LogP contribution in [0.3, 0.4) is 0 Å². The van der Waals surface area contributed by atoms with Gasteiger partial charge >= 0.3 is 0 Å². The van der Waals surface area contributed by atoms with Gasteiger partial charge in [-0.1, -0.05) is 0 Å². The Hall–Kier alpha value is -1.22. The van der Waals surface area contributed by atoms with Crippen molar-refractivity contribution in [3.8, 4) is 11.5 Å². The maximum atomic E-state index is 9.92. The Kier molecular flexibility index (Phi) is 3.29. The van der Waals surface area contributed by atoms with Crippen LogP contribution < -0.4 is 10.1 Å². The van der Waals surface area contributed by atoms with Gasteiger partial charge in [-0.15, -0.1) is 0 Å². The van der Waals surface area contributed by atoms with Gasteiger partial charge in [0.25, 0.3) is 0 Å². The molecule has 0 atom stereocenters. The van der Waals surface area contributed by atoms with Crippen LogP contribution in [0.5, 0.6) is 11.5 Å². The number of piperidine rings is 1. The Labute approximate surface area is 103 Å². The maximum absolute atomic E-state index is 9.92. The van der Waals surface area contributed by atoms with Crippen molar-refractivity contribution in [2.45, 2.75) is 39.2 Å². The number of aromatic hydroxyl groups is 1. The minimum atomic E-state index is -0.162. The Bertz CT molecular complexity index is 409. The van der Waals surface area contributed by atoms with E-state index in [2.05, 4.69) is 12.2 Å². The average Bonchev–Trinajstić information content (AvgIpc) is 2.26. The van der Waals surface area contributed by atoms with Crippen LogP contribution in [0.4, 0.5) is 0 Å². The van der Waals surface area contributed by atoms with Gasteiger partial charge in [-0.05, 0) is 70.0 Å². The van der Waals surface area contributed by atoms with E-state index in [1.807, 2.05) is 19.9 Å². The third kappa shape index (κ3) is 2.72. The molecule has 3 nitrogen and oxygen atoms in total.